The molecule has 0 saturated heterocycles. The van der Waals surface area contributed by atoms with Crippen LogP contribution in [0.5, 0.6) is 6.01 Å². The van der Waals surface area contributed by atoms with Crippen molar-refractivity contribution in [2.45, 2.75) is 33.6 Å². The lowest BCUT2D eigenvalue weighted by molar-refractivity contribution is 0.308. The lowest BCUT2D eigenvalue weighted by atomic mass is 10.4. The highest BCUT2D eigenvalue weighted by atomic mass is 16.5. The van der Waals surface area contributed by atoms with Crippen LogP contribution in [0.3, 0.4) is 0 Å². The van der Waals surface area contributed by atoms with E-state index in [1.807, 2.05) is 20.8 Å². The lowest BCUT2D eigenvalue weighted by Crippen LogP contribution is -2.06. The van der Waals surface area contributed by atoms with Crippen LogP contribution in [0.25, 0.3) is 0 Å². The standard InChI is InChI=1S/C9H15N3O/c1-4-7-10-8(5-2)12-9(11-7)13-6-3/h4-6H2,1-3H3. The molecular weight excluding hydrogens is 166 g/mol. The Balaban J connectivity index is 2.93. The van der Waals surface area contributed by atoms with Gasteiger partial charge < -0.3 is 4.74 Å². The second-order valence-electron chi connectivity index (χ2n) is 2.59. The molecule has 4 nitrogen and oxygen atoms in total. The van der Waals surface area contributed by atoms with E-state index in [0.717, 1.165) is 24.5 Å². The van der Waals surface area contributed by atoms with Gasteiger partial charge in [-0.1, -0.05) is 13.8 Å². The first-order valence-electron chi connectivity index (χ1n) is 4.66. The number of nitrogens with zero attached hydrogens (tertiary/aromatic N) is 3. The molecule has 0 saturated carbocycles. The Morgan fingerprint density at radius 3 is 1.85 bits per heavy atom. The maximum Gasteiger partial charge on any atom is 0.319 e. The molecule has 0 aliphatic rings. The van der Waals surface area contributed by atoms with E-state index in [1.54, 1.807) is 0 Å². The molecule has 0 bridgehead atoms. The Morgan fingerprint density at radius 1 is 0.923 bits per heavy atom. The smallest absolute Gasteiger partial charge is 0.319 e. The SMILES string of the molecule is CCOc1nc(CC)nc(CC)n1. The summed E-state index contributed by atoms with van der Waals surface area (Å²) < 4.78 is 5.23. The monoisotopic (exact) mass is 181 g/mol. The predicted molar refractivity (Wildman–Crippen MR) is 49.8 cm³/mol. The third kappa shape index (κ3) is 2.65. The van der Waals surface area contributed by atoms with Gasteiger partial charge in [-0.05, 0) is 6.92 Å². The molecule has 0 aromatic carbocycles. The van der Waals surface area contributed by atoms with Gasteiger partial charge in [0.2, 0.25) is 0 Å². The highest BCUT2D eigenvalue weighted by molar-refractivity contribution is 5.01. The summed E-state index contributed by atoms with van der Waals surface area (Å²) in [6, 6.07) is 0.450. The Labute approximate surface area is 78.4 Å². The highest BCUT2D eigenvalue weighted by Crippen LogP contribution is 2.04. The van der Waals surface area contributed by atoms with Gasteiger partial charge in [0.15, 0.2) is 0 Å². The van der Waals surface area contributed by atoms with E-state index < -0.39 is 0 Å². The Bertz CT molecular complexity index is 253. The summed E-state index contributed by atoms with van der Waals surface area (Å²) in [6.07, 6.45) is 1.63. The van der Waals surface area contributed by atoms with E-state index >= 15 is 0 Å². The molecule has 1 aromatic heterocycles. The fourth-order valence-electron chi connectivity index (χ4n) is 0.955. The van der Waals surface area contributed by atoms with Gasteiger partial charge in [0, 0.05) is 12.8 Å². The van der Waals surface area contributed by atoms with Crippen molar-refractivity contribution in [2.75, 3.05) is 6.61 Å². The van der Waals surface area contributed by atoms with Crippen LogP contribution >= 0.6 is 0 Å². The summed E-state index contributed by atoms with van der Waals surface area (Å²) in [5.41, 5.74) is 0. The molecule has 0 fully saturated rings. The molecule has 0 spiro atoms. The first-order chi connectivity index (χ1) is 6.30. The minimum absolute atomic E-state index is 0.450. The molecule has 0 aliphatic carbocycles. The Morgan fingerprint density at radius 2 is 1.46 bits per heavy atom. The van der Waals surface area contributed by atoms with Gasteiger partial charge in [-0.2, -0.15) is 9.97 Å². The zero-order valence-electron chi connectivity index (χ0n) is 8.37. The van der Waals surface area contributed by atoms with Crippen LogP contribution < -0.4 is 4.74 Å². The molecule has 4 heteroatoms. The average molecular weight is 181 g/mol. The van der Waals surface area contributed by atoms with Gasteiger partial charge in [-0.25, -0.2) is 4.98 Å². The summed E-state index contributed by atoms with van der Waals surface area (Å²) in [6.45, 7) is 6.55. The summed E-state index contributed by atoms with van der Waals surface area (Å²) in [5, 5.41) is 0. The van der Waals surface area contributed by atoms with Crippen molar-refractivity contribution in [1.29, 1.82) is 0 Å². The quantitative estimate of drug-likeness (QED) is 0.704. The zero-order chi connectivity index (χ0) is 9.68. The van der Waals surface area contributed by atoms with Gasteiger partial charge in [-0.3, -0.25) is 0 Å². The Hall–Kier alpha value is -1.19. The maximum atomic E-state index is 5.23. The molecular formula is C9H15N3O. The van der Waals surface area contributed by atoms with Crippen LogP contribution in [0.4, 0.5) is 0 Å². The van der Waals surface area contributed by atoms with Crippen molar-refractivity contribution < 1.29 is 4.74 Å². The molecule has 0 N–H and O–H groups in total. The first-order valence-corrected chi connectivity index (χ1v) is 4.66. The summed E-state index contributed by atoms with van der Waals surface area (Å²) >= 11 is 0. The molecule has 0 radical (unpaired) electrons. The third-order valence-corrected chi connectivity index (χ3v) is 1.61. The van der Waals surface area contributed by atoms with Crippen molar-refractivity contribution in [2.24, 2.45) is 0 Å². The summed E-state index contributed by atoms with van der Waals surface area (Å²) in [7, 11) is 0. The van der Waals surface area contributed by atoms with Crippen LogP contribution in [-0.4, -0.2) is 21.6 Å². The summed E-state index contributed by atoms with van der Waals surface area (Å²) in [5.74, 6) is 1.60. The van der Waals surface area contributed by atoms with E-state index in [9.17, 15) is 0 Å². The normalized spacial score (nSPS) is 10.1. The van der Waals surface area contributed by atoms with E-state index in [2.05, 4.69) is 15.0 Å². The maximum absolute atomic E-state index is 5.23. The van der Waals surface area contributed by atoms with Crippen molar-refractivity contribution in [3.05, 3.63) is 11.6 Å². The molecule has 0 atom stereocenters. The zero-order valence-corrected chi connectivity index (χ0v) is 8.37. The number of hydrogen-bond acceptors (Lipinski definition) is 4. The molecule has 0 amide bonds. The van der Waals surface area contributed by atoms with Crippen LogP contribution in [0.1, 0.15) is 32.4 Å². The number of aryl methyl sites for hydroxylation is 2. The fraction of sp³-hybridized carbons (Fsp3) is 0.667. The second-order valence-corrected chi connectivity index (χ2v) is 2.59. The predicted octanol–water partition coefficient (Wildman–Crippen LogP) is 1.40. The average Bonchev–Trinajstić information content (AvgIpc) is 2.17. The molecule has 0 unspecified atom stereocenters. The summed E-state index contributed by atoms with van der Waals surface area (Å²) in [4.78, 5) is 12.5. The molecule has 72 valence electrons. The number of aromatic nitrogens is 3. The van der Waals surface area contributed by atoms with Gasteiger partial charge in [0.25, 0.3) is 0 Å². The molecule has 13 heavy (non-hydrogen) atoms. The van der Waals surface area contributed by atoms with Crippen molar-refractivity contribution in [1.82, 2.24) is 15.0 Å². The van der Waals surface area contributed by atoms with E-state index in [1.165, 1.54) is 0 Å². The molecule has 0 aliphatic heterocycles. The van der Waals surface area contributed by atoms with Gasteiger partial charge in [0.1, 0.15) is 11.6 Å². The minimum Gasteiger partial charge on any atom is -0.464 e. The van der Waals surface area contributed by atoms with Crippen LogP contribution in [0.2, 0.25) is 0 Å². The first kappa shape index (κ1) is 9.89. The largest absolute Gasteiger partial charge is 0.464 e. The topological polar surface area (TPSA) is 47.9 Å². The number of rotatable bonds is 4. The van der Waals surface area contributed by atoms with Crippen LogP contribution in [-0.2, 0) is 12.8 Å². The van der Waals surface area contributed by atoms with Crippen LogP contribution in [0.15, 0.2) is 0 Å². The Kier molecular flexibility index (Phi) is 3.61. The van der Waals surface area contributed by atoms with E-state index in [0.29, 0.717) is 12.6 Å². The van der Waals surface area contributed by atoms with Crippen molar-refractivity contribution in [3.8, 4) is 6.01 Å². The van der Waals surface area contributed by atoms with Crippen molar-refractivity contribution in [3.63, 3.8) is 0 Å². The molecule has 1 heterocycles. The fourth-order valence-corrected chi connectivity index (χ4v) is 0.955. The molecule has 1 rings (SSSR count). The van der Waals surface area contributed by atoms with Gasteiger partial charge >= 0.3 is 6.01 Å². The second kappa shape index (κ2) is 4.74. The van der Waals surface area contributed by atoms with Crippen molar-refractivity contribution >= 4 is 0 Å². The number of hydrogen-bond donors (Lipinski definition) is 0. The van der Waals surface area contributed by atoms with E-state index in [-0.39, 0.29) is 0 Å². The molecule has 1 aromatic rings. The third-order valence-electron chi connectivity index (χ3n) is 1.61. The van der Waals surface area contributed by atoms with Gasteiger partial charge in [-0.15, -0.1) is 0 Å². The van der Waals surface area contributed by atoms with E-state index in [4.69, 9.17) is 4.74 Å². The van der Waals surface area contributed by atoms with Gasteiger partial charge in [0.05, 0.1) is 6.61 Å². The minimum atomic E-state index is 0.450. The highest BCUT2D eigenvalue weighted by Gasteiger charge is 2.03. The number of ether oxygens (including phenoxy) is 1. The van der Waals surface area contributed by atoms with Crippen LogP contribution in [0, 0.1) is 0 Å². The lowest BCUT2D eigenvalue weighted by Gasteiger charge is -2.04.